The summed E-state index contributed by atoms with van der Waals surface area (Å²) >= 11 is 0. The molecule has 0 unspecified atom stereocenters. The van der Waals surface area contributed by atoms with E-state index in [0.717, 1.165) is 37.7 Å². The maximum atomic E-state index is 13.4. The van der Waals surface area contributed by atoms with Crippen LogP contribution < -0.4 is 0 Å². The first-order valence-electron chi connectivity index (χ1n) is 12.6. The van der Waals surface area contributed by atoms with Gasteiger partial charge in [-0.3, -0.25) is 14.4 Å². The van der Waals surface area contributed by atoms with E-state index in [-0.39, 0.29) is 24.7 Å². The lowest BCUT2D eigenvalue weighted by Gasteiger charge is -2.35. The fraction of sp³-hybridized carbons (Fsp3) is 0.667. The van der Waals surface area contributed by atoms with Gasteiger partial charge in [-0.2, -0.15) is 0 Å². The maximum absolute atomic E-state index is 13.4. The molecule has 0 radical (unpaired) electrons. The lowest BCUT2D eigenvalue weighted by atomic mass is 9.96. The van der Waals surface area contributed by atoms with Gasteiger partial charge in [-0.05, 0) is 30.7 Å². The number of esters is 2. The molecule has 4 atom stereocenters. The number of amides is 1. The molecule has 0 aliphatic carbocycles. The second kappa shape index (κ2) is 14.1. The van der Waals surface area contributed by atoms with Crippen molar-refractivity contribution in [2.75, 3.05) is 7.05 Å². The minimum absolute atomic E-state index is 0.0940. The van der Waals surface area contributed by atoms with Crippen LogP contribution in [0.3, 0.4) is 0 Å². The molecule has 0 spiro atoms. The van der Waals surface area contributed by atoms with Crippen molar-refractivity contribution in [2.45, 2.75) is 103 Å². The van der Waals surface area contributed by atoms with Crippen molar-refractivity contribution in [3.8, 4) is 0 Å². The number of ether oxygens (including phenoxy) is 2. The van der Waals surface area contributed by atoms with Gasteiger partial charge in [0.15, 0.2) is 6.10 Å². The van der Waals surface area contributed by atoms with Gasteiger partial charge in [-0.15, -0.1) is 0 Å². The number of carbonyl (C=O) groups is 3. The van der Waals surface area contributed by atoms with Gasteiger partial charge < -0.3 is 19.5 Å². The van der Waals surface area contributed by atoms with E-state index in [1.165, 1.54) is 4.90 Å². The third kappa shape index (κ3) is 8.75. The smallest absolute Gasteiger partial charge is 0.310 e. The Labute approximate surface area is 203 Å². The minimum Gasteiger partial charge on any atom is -0.462 e. The summed E-state index contributed by atoms with van der Waals surface area (Å²) in [7, 11) is 1.58. The normalized spacial score (nSPS) is 24.9. The lowest BCUT2D eigenvalue weighted by Crippen LogP contribution is -2.52. The van der Waals surface area contributed by atoms with E-state index in [4.69, 9.17) is 9.47 Å². The molecular formula is C27H41NO6. The molecule has 190 valence electrons. The van der Waals surface area contributed by atoms with Crippen LogP contribution in [0.2, 0.25) is 0 Å². The molecule has 1 fully saturated rings. The molecule has 1 aliphatic heterocycles. The predicted molar refractivity (Wildman–Crippen MR) is 130 cm³/mol. The highest BCUT2D eigenvalue weighted by molar-refractivity contribution is 5.84. The summed E-state index contributed by atoms with van der Waals surface area (Å²) in [6.07, 6.45) is 3.06. The van der Waals surface area contributed by atoms with Crippen LogP contribution in [0.25, 0.3) is 0 Å². The average Bonchev–Trinajstić information content (AvgIpc) is 2.79. The van der Waals surface area contributed by atoms with Crippen molar-refractivity contribution in [3.63, 3.8) is 0 Å². The molecule has 0 saturated carbocycles. The summed E-state index contributed by atoms with van der Waals surface area (Å²) in [5.74, 6) is -1.74. The van der Waals surface area contributed by atoms with Gasteiger partial charge in [0.05, 0.1) is 25.0 Å². The number of benzene rings is 1. The quantitative estimate of drug-likeness (QED) is 0.428. The van der Waals surface area contributed by atoms with Crippen molar-refractivity contribution in [1.82, 2.24) is 4.90 Å². The van der Waals surface area contributed by atoms with Crippen LogP contribution in [-0.2, 0) is 30.3 Å². The van der Waals surface area contributed by atoms with Crippen molar-refractivity contribution >= 4 is 17.8 Å². The van der Waals surface area contributed by atoms with Crippen LogP contribution in [-0.4, -0.2) is 59.3 Å². The molecule has 1 aliphatic rings. The van der Waals surface area contributed by atoms with Crippen molar-refractivity contribution < 1.29 is 29.0 Å². The zero-order valence-electron chi connectivity index (χ0n) is 21.1. The Morgan fingerprint density at radius 2 is 1.62 bits per heavy atom. The second-order valence-corrected chi connectivity index (χ2v) is 9.65. The zero-order valence-corrected chi connectivity index (χ0v) is 21.1. The number of hydrogen-bond donors (Lipinski definition) is 1. The summed E-state index contributed by atoms with van der Waals surface area (Å²) in [6.45, 7) is 5.79. The molecular weight excluding hydrogens is 434 g/mol. The molecule has 0 bridgehead atoms. The van der Waals surface area contributed by atoms with Gasteiger partial charge >= 0.3 is 11.9 Å². The molecule has 34 heavy (non-hydrogen) atoms. The number of carbonyl (C=O) groups excluding carboxylic acids is 3. The van der Waals surface area contributed by atoms with Crippen LogP contribution in [0, 0.1) is 5.92 Å². The minimum atomic E-state index is -1.12. The number of aliphatic hydroxyl groups is 1. The van der Waals surface area contributed by atoms with Gasteiger partial charge in [0.1, 0.15) is 6.10 Å². The molecule has 1 heterocycles. The Morgan fingerprint density at radius 1 is 0.971 bits per heavy atom. The highest BCUT2D eigenvalue weighted by Crippen LogP contribution is 2.22. The highest BCUT2D eigenvalue weighted by atomic mass is 16.6. The molecule has 1 aromatic rings. The van der Waals surface area contributed by atoms with Crippen molar-refractivity contribution in [3.05, 3.63) is 35.9 Å². The van der Waals surface area contributed by atoms with Gasteiger partial charge in [0.25, 0.3) is 5.91 Å². The first-order chi connectivity index (χ1) is 16.2. The second-order valence-electron chi connectivity index (χ2n) is 9.65. The summed E-state index contributed by atoms with van der Waals surface area (Å²) in [4.78, 5) is 40.2. The monoisotopic (exact) mass is 475 g/mol. The third-order valence-electron chi connectivity index (χ3n) is 6.38. The number of hydrogen-bond acceptors (Lipinski definition) is 6. The number of likely N-dealkylation sites (N-methyl/N-ethyl adjacent to an activating group) is 1. The Bertz CT molecular complexity index is 781. The van der Waals surface area contributed by atoms with E-state index in [1.54, 1.807) is 7.05 Å². The SMILES string of the molecule is CCCCCCC[C@@H]1CC(=O)O[C@@H](C(C)C)C(=O)N(C)[C@@H](Cc2ccccc2)[C@H](O)CC(=O)O1. The van der Waals surface area contributed by atoms with E-state index in [9.17, 15) is 19.5 Å². The number of nitrogens with zero attached hydrogens (tertiary/aromatic N) is 1. The van der Waals surface area contributed by atoms with E-state index < -0.39 is 36.3 Å². The van der Waals surface area contributed by atoms with Crippen molar-refractivity contribution in [1.29, 1.82) is 0 Å². The fourth-order valence-corrected chi connectivity index (χ4v) is 4.32. The van der Waals surface area contributed by atoms with Gasteiger partial charge in [-0.1, -0.05) is 76.8 Å². The van der Waals surface area contributed by atoms with Crippen LogP contribution in [0.5, 0.6) is 0 Å². The number of unbranched alkanes of at least 4 members (excludes halogenated alkanes) is 4. The number of rotatable bonds is 9. The Balaban J connectivity index is 2.24. The third-order valence-corrected chi connectivity index (χ3v) is 6.38. The first-order valence-corrected chi connectivity index (χ1v) is 12.6. The molecule has 1 amide bonds. The average molecular weight is 476 g/mol. The Morgan fingerprint density at radius 3 is 2.26 bits per heavy atom. The van der Waals surface area contributed by atoms with E-state index in [0.29, 0.717) is 12.8 Å². The van der Waals surface area contributed by atoms with Crippen LogP contribution in [0.1, 0.15) is 77.7 Å². The largest absolute Gasteiger partial charge is 0.462 e. The number of cyclic esters (lactones) is 2. The molecule has 7 heteroatoms. The predicted octanol–water partition coefficient (Wildman–Crippen LogP) is 4.05. The first kappa shape index (κ1) is 27.8. The summed E-state index contributed by atoms with van der Waals surface area (Å²) in [6, 6.07) is 8.81. The molecule has 1 saturated heterocycles. The molecule has 7 nitrogen and oxygen atoms in total. The van der Waals surface area contributed by atoms with Gasteiger partial charge in [0.2, 0.25) is 0 Å². The standard InChI is InChI=1S/C27H41NO6/c1-5-6-7-8-12-15-21-17-24(30)34-26(19(2)3)27(32)28(4)22(23(29)18-25(31)33-21)16-20-13-10-9-11-14-20/h9-11,13-14,19,21-23,26,29H,5-8,12,15-18H2,1-4H3/t21-,22+,23-,26+/m1/s1. The van der Waals surface area contributed by atoms with E-state index in [1.807, 2.05) is 44.2 Å². The summed E-state index contributed by atoms with van der Waals surface area (Å²) in [5.41, 5.74) is 0.926. The topological polar surface area (TPSA) is 93.1 Å². The summed E-state index contributed by atoms with van der Waals surface area (Å²) in [5, 5.41) is 11.0. The molecule has 2 rings (SSSR count). The molecule has 1 aromatic carbocycles. The fourth-order valence-electron chi connectivity index (χ4n) is 4.32. The lowest BCUT2D eigenvalue weighted by molar-refractivity contribution is -0.171. The maximum Gasteiger partial charge on any atom is 0.310 e. The van der Waals surface area contributed by atoms with Crippen LogP contribution >= 0.6 is 0 Å². The van der Waals surface area contributed by atoms with E-state index >= 15 is 0 Å². The van der Waals surface area contributed by atoms with Crippen molar-refractivity contribution in [2.24, 2.45) is 5.92 Å². The molecule has 1 N–H and O–H groups in total. The van der Waals surface area contributed by atoms with Gasteiger partial charge in [-0.25, -0.2) is 0 Å². The molecule has 0 aromatic heterocycles. The summed E-state index contributed by atoms with van der Waals surface area (Å²) < 4.78 is 11.2. The van der Waals surface area contributed by atoms with E-state index in [2.05, 4.69) is 6.92 Å². The number of aliphatic hydroxyl groups excluding tert-OH is 1. The van der Waals surface area contributed by atoms with Crippen LogP contribution in [0.15, 0.2) is 30.3 Å². The Hall–Kier alpha value is -2.41. The van der Waals surface area contributed by atoms with Crippen LogP contribution in [0.4, 0.5) is 0 Å². The zero-order chi connectivity index (χ0) is 25.1. The van der Waals surface area contributed by atoms with Gasteiger partial charge in [0, 0.05) is 7.05 Å². The highest BCUT2D eigenvalue weighted by Gasteiger charge is 2.37. The Kier molecular flexibility index (Phi) is 11.5.